The van der Waals surface area contributed by atoms with Gasteiger partial charge < -0.3 is 4.74 Å². The first-order chi connectivity index (χ1) is 9.70. The van der Waals surface area contributed by atoms with Gasteiger partial charge in [0.15, 0.2) is 0 Å². The number of carbonyl (C=O) groups excluding carboxylic acids is 1. The number of amides is 1. The highest BCUT2D eigenvalue weighted by Gasteiger charge is 2.03. The number of benzene rings is 2. The second kappa shape index (κ2) is 6.57. The van der Waals surface area contributed by atoms with Gasteiger partial charge in [0.1, 0.15) is 0 Å². The molecule has 0 unspecified atom stereocenters. The van der Waals surface area contributed by atoms with Crippen molar-refractivity contribution >= 4 is 23.9 Å². The Hall–Kier alpha value is -2.55. The van der Waals surface area contributed by atoms with E-state index >= 15 is 0 Å². The first kappa shape index (κ1) is 13.9. The highest BCUT2D eigenvalue weighted by molar-refractivity contribution is 5.89. The van der Waals surface area contributed by atoms with Gasteiger partial charge in [0.05, 0.1) is 12.8 Å². The van der Waals surface area contributed by atoms with E-state index in [2.05, 4.69) is 29.1 Å². The molecule has 0 fully saturated rings. The quantitative estimate of drug-likeness (QED) is 0.840. The van der Waals surface area contributed by atoms with E-state index in [1.165, 1.54) is 12.7 Å². The van der Waals surface area contributed by atoms with E-state index in [1.807, 2.05) is 48.6 Å². The van der Waals surface area contributed by atoms with Crippen LogP contribution in [0.1, 0.15) is 16.7 Å². The molecule has 0 aliphatic rings. The molecule has 2 rings (SSSR count). The largest absolute Gasteiger partial charge is 0.453 e. The summed E-state index contributed by atoms with van der Waals surface area (Å²) in [4.78, 5) is 11.3. The maximum Gasteiger partial charge on any atom is 0.411 e. The summed E-state index contributed by atoms with van der Waals surface area (Å²) in [6, 6.07) is 15.7. The lowest BCUT2D eigenvalue weighted by Gasteiger charge is -2.07. The van der Waals surface area contributed by atoms with Crippen LogP contribution in [0.4, 0.5) is 10.5 Å². The van der Waals surface area contributed by atoms with Gasteiger partial charge in [-0.2, -0.15) is 0 Å². The first-order valence-electron chi connectivity index (χ1n) is 6.38. The smallest absolute Gasteiger partial charge is 0.411 e. The molecule has 2 aromatic carbocycles. The van der Waals surface area contributed by atoms with Crippen molar-refractivity contribution in [2.75, 3.05) is 12.4 Å². The number of para-hydroxylation sites is 1. The lowest BCUT2D eigenvalue weighted by atomic mass is 10.1. The van der Waals surface area contributed by atoms with Crippen molar-refractivity contribution in [1.29, 1.82) is 0 Å². The van der Waals surface area contributed by atoms with Crippen molar-refractivity contribution in [3.05, 3.63) is 65.2 Å². The molecule has 0 heterocycles. The van der Waals surface area contributed by atoms with Crippen molar-refractivity contribution in [3.8, 4) is 0 Å². The van der Waals surface area contributed by atoms with Crippen LogP contribution in [0.3, 0.4) is 0 Å². The maximum atomic E-state index is 11.3. The molecule has 1 amide bonds. The molecule has 0 atom stereocenters. The van der Waals surface area contributed by atoms with Crippen LogP contribution in [0.5, 0.6) is 0 Å². The molecular formula is C17H17NO2. The van der Waals surface area contributed by atoms with E-state index in [1.54, 1.807) is 0 Å². The van der Waals surface area contributed by atoms with Crippen LogP contribution in [0.15, 0.2) is 48.5 Å². The molecule has 0 saturated carbocycles. The number of nitrogens with one attached hydrogen (secondary N) is 1. The predicted molar refractivity (Wildman–Crippen MR) is 82.6 cm³/mol. The molecule has 0 bridgehead atoms. The van der Waals surface area contributed by atoms with Crippen LogP contribution in [0.2, 0.25) is 0 Å². The standard InChI is InChI=1S/C17H17NO2/c1-13-7-3-4-8-14(13)11-12-15-9-5-6-10-16(15)18-17(19)20-2/h3-12H,1-2H3,(H,18,19)/b12-11+. The molecular weight excluding hydrogens is 250 g/mol. The third kappa shape index (κ3) is 3.48. The number of anilines is 1. The van der Waals surface area contributed by atoms with E-state index in [9.17, 15) is 4.79 Å². The number of hydrogen-bond acceptors (Lipinski definition) is 2. The Morgan fingerprint density at radius 1 is 1.00 bits per heavy atom. The van der Waals surface area contributed by atoms with Crippen LogP contribution in [0, 0.1) is 6.92 Å². The summed E-state index contributed by atoms with van der Waals surface area (Å²) in [5.74, 6) is 0. The Balaban J connectivity index is 2.25. The predicted octanol–water partition coefficient (Wildman–Crippen LogP) is 4.34. The fraction of sp³-hybridized carbons (Fsp3) is 0.118. The summed E-state index contributed by atoms with van der Waals surface area (Å²) >= 11 is 0. The summed E-state index contributed by atoms with van der Waals surface area (Å²) in [5, 5.41) is 2.70. The molecule has 1 N–H and O–H groups in total. The Morgan fingerprint density at radius 2 is 1.60 bits per heavy atom. The molecule has 102 valence electrons. The third-order valence-corrected chi connectivity index (χ3v) is 3.01. The van der Waals surface area contributed by atoms with E-state index in [0.29, 0.717) is 0 Å². The van der Waals surface area contributed by atoms with Gasteiger partial charge in [0, 0.05) is 0 Å². The molecule has 0 spiro atoms. The summed E-state index contributed by atoms with van der Waals surface area (Å²) in [6.45, 7) is 2.07. The van der Waals surface area contributed by atoms with Gasteiger partial charge in [0.2, 0.25) is 0 Å². The summed E-state index contributed by atoms with van der Waals surface area (Å²) in [6.07, 6.45) is 3.54. The van der Waals surface area contributed by atoms with Gasteiger partial charge >= 0.3 is 6.09 Å². The van der Waals surface area contributed by atoms with Crippen LogP contribution >= 0.6 is 0 Å². The molecule has 0 saturated heterocycles. The molecule has 3 heteroatoms. The van der Waals surface area contributed by atoms with Crippen LogP contribution in [0.25, 0.3) is 12.2 Å². The second-order valence-electron chi connectivity index (χ2n) is 4.39. The van der Waals surface area contributed by atoms with Crippen molar-refractivity contribution in [2.45, 2.75) is 6.92 Å². The average Bonchev–Trinajstić information content (AvgIpc) is 2.47. The Morgan fingerprint density at radius 3 is 2.30 bits per heavy atom. The number of hydrogen-bond donors (Lipinski definition) is 1. The Bertz CT molecular complexity index is 632. The van der Waals surface area contributed by atoms with Gasteiger partial charge in [-0.3, -0.25) is 5.32 Å². The minimum absolute atomic E-state index is 0.471. The SMILES string of the molecule is COC(=O)Nc1ccccc1/C=C/c1ccccc1C. The van der Waals surface area contributed by atoms with Gasteiger partial charge in [-0.05, 0) is 29.7 Å². The number of methoxy groups -OCH3 is 1. The van der Waals surface area contributed by atoms with Gasteiger partial charge in [0.25, 0.3) is 0 Å². The maximum absolute atomic E-state index is 11.3. The number of aryl methyl sites for hydroxylation is 1. The highest BCUT2D eigenvalue weighted by atomic mass is 16.5. The molecule has 3 nitrogen and oxygen atoms in total. The molecule has 0 radical (unpaired) electrons. The van der Waals surface area contributed by atoms with Gasteiger partial charge in [-0.25, -0.2) is 4.79 Å². The number of ether oxygens (including phenoxy) is 1. The molecule has 0 aliphatic heterocycles. The minimum atomic E-state index is -0.471. The highest BCUT2D eigenvalue weighted by Crippen LogP contribution is 2.19. The molecule has 0 aliphatic carbocycles. The lowest BCUT2D eigenvalue weighted by molar-refractivity contribution is 0.187. The van der Waals surface area contributed by atoms with Gasteiger partial charge in [-0.1, -0.05) is 54.6 Å². The van der Waals surface area contributed by atoms with E-state index in [0.717, 1.165) is 16.8 Å². The van der Waals surface area contributed by atoms with Crippen molar-refractivity contribution in [3.63, 3.8) is 0 Å². The van der Waals surface area contributed by atoms with E-state index in [4.69, 9.17) is 0 Å². The lowest BCUT2D eigenvalue weighted by Crippen LogP contribution is -2.11. The zero-order chi connectivity index (χ0) is 14.4. The zero-order valence-electron chi connectivity index (χ0n) is 11.6. The van der Waals surface area contributed by atoms with Gasteiger partial charge in [-0.15, -0.1) is 0 Å². The van der Waals surface area contributed by atoms with Crippen molar-refractivity contribution < 1.29 is 9.53 Å². The summed E-state index contributed by atoms with van der Waals surface area (Å²) < 4.78 is 4.62. The van der Waals surface area contributed by atoms with Crippen molar-refractivity contribution in [2.24, 2.45) is 0 Å². The van der Waals surface area contributed by atoms with E-state index < -0.39 is 6.09 Å². The third-order valence-electron chi connectivity index (χ3n) is 3.01. The van der Waals surface area contributed by atoms with Crippen LogP contribution in [-0.2, 0) is 4.74 Å². The normalized spacial score (nSPS) is 10.5. The molecule has 20 heavy (non-hydrogen) atoms. The average molecular weight is 267 g/mol. The number of rotatable bonds is 3. The van der Waals surface area contributed by atoms with E-state index in [-0.39, 0.29) is 0 Å². The fourth-order valence-corrected chi connectivity index (χ4v) is 1.87. The van der Waals surface area contributed by atoms with Crippen molar-refractivity contribution in [1.82, 2.24) is 0 Å². The first-order valence-corrected chi connectivity index (χ1v) is 6.38. The minimum Gasteiger partial charge on any atom is -0.453 e. The Labute approximate surface area is 118 Å². The van der Waals surface area contributed by atoms with Crippen LogP contribution in [-0.4, -0.2) is 13.2 Å². The molecule has 0 aromatic heterocycles. The Kier molecular flexibility index (Phi) is 4.56. The topological polar surface area (TPSA) is 38.3 Å². The molecule has 2 aromatic rings. The monoisotopic (exact) mass is 267 g/mol. The summed E-state index contributed by atoms with van der Waals surface area (Å²) in [7, 11) is 1.35. The second-order valence-corrected chi connectivity index (χ2v) is 4.39. The fourth-order valence-electron chi connectivity index (χ4n) is 1.87. The summed E-state index contributed by atoms with van der Waals surface area (Å²) in [5.41, 5.74) is 4.02. The number of carbonyl (C=O) groups is 1. The van der Waals surface area contributed by atoms with Crippen LogP contribution < -0.4 is 5.32 Å². The zero-order valence-corrected chi connectivity index (χ0v) is 11.6.